The standard InChI is InChI=1S/C14H19ClN4O2/c1-17(2)13(20)10-18-5-7-19(8-6-18)14(21)11-9-16-4-3-12(11)15/h3-4,9H,5-8,10H2,1-2H3. The zero-order valence-corrected chi connectivity index (χ0v) is 13.0. The third-order valence-electron chi connectivity index (χ3n) is 3.52. The molecule has 0 spiro atoms. The van der Waals surface area contributed by atoms with Crippen molar-refractivity contribution in [3.63, 3.8) is 0 Å². The molecule has 1 aromatic heterocycles. The summed E-state index contributed by atoms with van der Waals surface area (Å²) in [4.78, 5) is 33.4. The number of aromatic nitrogens is 1. The van der Waals surface area contributed by atoms with Crippen LogP contribution in [0.3, 0.4) is 0 Å². The van der Waals surface area contributed by atoms with Crippen molar-refractivity contribution in [3.8, 4) is 0 Å². The largest absolute Gasteiger partial charge is 0.348 e. The van der Waals surface area contributed by atoms with Gasteiger partial charge in [0.25, 0.3) is 5.91 Å². The van der Waals surface area contributed by atoms with Gasteiger partial charge in [-0.2, -0.15) is 0 Å². The molecule has 0 aromatic carbocycles. The van der Waals surface area contributed by atoms with Crippen molar-refractivity contribution >= 4 is 23.4 Å². The fourth-order valence-corrected chi connectivity index (χ4v) is 2.33. The van der Waals surface area contributed by atoms with Gasteiger partial charge in [0, 0.05) is 52.7 Å². The first-order chi connectivity index (χ1) is 9.99. The van der Waals surface area contributed by atoms with Gasteiger partial charge < -0.3 is 9.80 Å². The van der Waals surface area contributed by atoms with Crippen LogP contribution in [-0.2, 0) is 4.79 Å². The Hall–Kier alpha value is -1.66. The van der Waals surface area contributed by atoms with E-state index >= 15 is 0 Å². The zero-order chi connectivity index (χ0) is 15.4. The first-order valence-electron chi connectivity index (χ1n) is 6.80. The van der Waals surface area contributed by atoms with E-state index in [4.69, 9.17) is 11.6 Å². The molecule has 0 bridgehead atoms. The maximum atomic E-state index is 12.4. The first kappa shape index (κ1) is 15.7. The van der Waals surface area contributed by atoms with Gasteiger partial charge in [-0.1, -0.05) is 11.6 Å². The minimum absolute atomic E-state index is 0.0741. The predicted octanol–water partition coefficient (Wildman–Crippen LogP) is 0.581. The van der Waals surface area contributed by atoms with Crippen molar-refractivity contribution in [2.75, 3.05) is 46.8 Å². The number of rotatable bonds is 3. The molecule has 1 aliphatic rings. The van der Waals surface area contributed by atoms with Crippen LogP contribution < -0.4 is 0 Å². The summed E-state index contributed by atoms with van der Waals surface area (Å²) in [5.41, 5.74) is 0.428. The van der Waals surface area contributed by atoms with Crippen LogP contribution in [0.4, 0.5) is 0 Å². The normalized spacial score (nSPS) is 15.9. The van der Waals surface area contributed by atoms with E-state index in [-0.39, 0.29) is 11.8 Å². The number of piperazine rings is 1. The second-order valence-corrected chi connectivity index (χ2v) is 5.62. The fraction of sp³-hybridized carbons (Fsp3) is 0.500. The van der Waals surface area contributed by atoms with Gasteiger partial charge in [-0.3, -0.25) is 19.5 Å². The highest BCUT2D eigenvalue weighted by atomic mass is 35.5. The molecule has 2 amide bonds. The Labute approximate surface area is 129 Å². The number of carbonyl (C=O) groups excluding carboxylic acids is 2. The van der Waals surface area contributed by atoms with Crippen LogP contribution in [0.2, 0.25) is 5.02 Å². The highest BCUT2D eigenvalue weighted by Crippen LogP contribution is 2.16. The predicted molar refractivity (Wildman–Crippen MR) is 80.3 cm³/mol. The average molecular weight is 311 g/mol. The molecule has 0 N–H and O–H groups in total. The van der Waals surface area contributed by atoms with Crippen molar-refractivity contribution in [1.82, 2.24) is 19.7 Å². The topological polar surface area (TPSA) is 56.8 Å². The summed E-state index contributed by atoms with van der Waals surface area (Å²) in [6, 6.07) is 1.61. The van der Waals surface area contributed by atoms with E-state index in [1.165, 1.54) is 6.20 Å². The highest BCUT2D eigenvalue weighted by molar-refractivity contribution is 6.33. The molecule has 0 atom stereocenters. The summed E-state index contributed by atoms with van der Waals surface area (Å²) in [5, 5.41) is 0.417. The number of pyridine rings is 1. The van der Waals surface area contributed by atoms with E-state index in [0.29, 0.717) is 43.3 Å². The Morgan fingerprint density at radius 2 is 1.95 bits per heavy atom. The molecular formula is C14H19ClN4O2. The number of amides is 2. The summed E-state index contributed by atoms with van der Waals surface area (Å²) in [5.74, 6) is -0.0308. The van der Waals surface area contributed by atoms with Crippen LogP contribution in [0.25, 0.3) is 0 Å². The van der Waals surface area contributed by atoms with Gasteiger partial charge in [-0.05, 0) is 6.07 Å². The number of hydrogen-bond donors (Lipinski definition) is 0. The second-order valence-electron chi connectivity index (χ2n) is 5.21. The van der Waals surface area contributed by atoms with Crippen molar-refractivity contribution in [1.29, 1.82) is 0 Å². The van der Waals surface area contributed by atoms with Gasteiger partial charge in [0.05, 0.1) is 17.1 Å². The summed E-state index contributed by atoms with van der Waals surface area (Å²) >= 11 is 6.02. The van der Waals surface area contributed by atoms with Crippen LogP contribution in [0, 0.1) is 0 Å². The molecule has 1 aliphatic heterocycles. The van der Waals surface area contributed by atoms with Gasteiger partial charge in [0.1, 0.15) is 0 Å². The van der Waals surface area contributed by atoms with E-state index in [0.717, 1.165) is 0 Å². The smallest absolute Gasteiger partial charge is 0.257 e. The van der Waals surface area contributed by atoms with Crippen molar-refractivity contribution in [2.24, 2.45) is 0 Å². The van der Waals surface area contributed by atoms with E-state index in [9.17, 15) is 9.59 Å². The SMILES string of the molecule is CN(C)C(=O)CN1CCN(C(=O)c2cnccc2Cl)CC1. The van der Waals surface area contributed by atoms with Crippen LogP contribution in [0.1, 0.15) is 10.4 Å². The minimum Gasteiger partial charge on any atom is -0.348 e. The van der Waals surface area contributed by atoms with Crippen molar-refractivity contribution in [3.05, 3.63) is 29.0 Å². The Morgan fingerprint density at radius 3 is 2.52 bits per heavy atom. The molecule has 2 heterocycles. The third-order valence-corrected chi connectivity index (χ3v) is 3.85. The Balaban J connectivity index is 1.91. The summed E-state index contributed by atoms with van der Waals surface area (Å²) in [6.07, 6.45) is 3.05. The average Bonchev–Trinajstić information content (AvgIpc) is 2.47. The minimum atomic E-state index is -0.105. The number of likely N-dealkylation sites (N-methyl/N-ethyl adjacent to an activating group) is 1. The Bertz CT molecular complexity index is 527. The lowest BCUT2D eigenvalue weighted by Crippen LogP contribution is -2.51. The van der Waals surface area contributed by atoms with E-state index in [1.807, 2.05) is 0 Å². The maximum Gasteiger partial charge on any atom is 0.257 e. The van der Waals surface area contributed by atoms with E-state index in [2.05, 4.69) is 9.88 Å². The Kier molecular flexibility index (Phi) is 5.14. The van der Waals surface area contributed by atoms with Crippen molar-refractivity contribution < 1.29 is 9.59 Å². The molecule has 1 aromatic rings. The van der Waals surface area contributed by atoms with Gasteiger partial charge in [0.15, 0.2) is 0 Å². The van der Waals surface area contributed by atoms with Crippen molar-refractivity contribution in [2.45, 2.75) is 0 Å². The van der Waals surface area contributed by atoms with Gasteiger partial charge in [-0.15, -0.1) is 0 Å². The summed E-state index contributed by atoms with van der Waals surface area (Å²) < 4.78 is 0. The van der Waals surface area contributed by atoms with Crippen LogP contribution in [-0.4, -0.2) is 78.3 Å². The van der Waals surface area contributed by atoms with Gasteiger partial charge in [0.2, 0.25) is 5.91 Å². The van der Waals surface area contributed by atoms with Gasteiger partial charge >= 0.3 is 0 Å². The lowest BCUT2D eigenvalue weighted by Gasteiger charge is -2.34. The molecule has 2 rings (SSSR count). The molecular weight excluding hydrogens is 292 g/mol. The fourth-order valence-electron chi connectivity index (χ4n) is 2.15. The molecule has 0 radical (unpaired) electrons. The molecule has 0 unspecified atom stereocenters. The molecule has 1 fully saturated rings. The number of hydrogen-bond acceptors (Lipinski definition) is 4. The first-order valence-corrected chi connectivity index (χ1v) is 7.18. The molecule has 6 nitrogen and oxygen atoms in total. The quantitative estimate of drug-likeness (QED) is 0.819. The number of halogens is 1. The molecule has 7 heteroatoms. The van der Waals surface area contributed by atoms with Gasteiger partial charge in [-0.25, -0.2) is 0 Å². The highest BCUT2D eigenvalue weighted by Gasteiger charge is 2.24. The van der Waals surface area contributed by atoms with Crippen LogP contribution >= 0.6 is 11.6 Å². The number of carbonyl (C=O) groups is 2. The Morgan fingerprint density at radius 1 is 1.29 bits per heavy atom. The molecule has 21 heavy (non-hydrogen) atoms. The zero-order valence-electron chi connectivity index (χ0n) is 12.3. The monoisotopic (exact) mass is 310 g/mol. The molecule has 114 valence electrons. The van der Waals surface area contributed by atoms with E-state index < -0.39 is 0 Å². The van der Waals surface area contributed by atoms with E-state index in [1.54, 1.807) is 36.2 Å². The maximum absolute atomic E-state index is 12.4. The lowest BCUT2D eigenvalue weighted by molar-refractivity contribution is -0.130. The molecule has 1 saturated heterocycles. The number of nitrogens with zero attached hydrogens (tertiary/aromatic N) is 4. The molecule has 0 aliphatic carbocycles. The molecule has 0 saturated carbocycles. The third kappa shape index (κ3) is 3.92. The summed E-state index contributed by atoms with van der Waals surface area (Å²) in [6.45, 7) is 2.94. The van der Waals surface area contributed by atoms with Crippen LogP contribution in [0.15, 0.2) is 18.5 Å². The van der Waals surface area contributed by atoms with Crippen LogP contribution in [0.5, 0.6) is 0 Å². The second kappa shape index (κ2) is 6.87. The lowest BCUT2D eigenvalue weighted by atomic mass is 10.2. The summed E-state index contributed by atoms with van der Waals surface area (Å²) in [7, 11) is 3.49.